The van der Waals surface area contributed by atoms with Crippen LogP contribution in [0.4, 0.5) is 0 Å². The van der Waals surface area contributed by atoms with Crippen LogP contribution in [-0.2, 0) is 11.3 Å². The fourth-order valence-corrected chi connectivity index (χ4v) is 3.57. The first-order chi connectivity index (χ1) is 10.6. The smallest absolute Gasteiger partial charge is 0.335 e. The number of ether oxygens (including phenoxy) is 1. The monoisotopic (exact) mass is 317 g/mol. The van der Waals surface area contributed by atoms with Gasteiger partial charge < -0.3 is 9.84 Å². The largest absolute Gasteiger partial charge is 0.478 e. The molecule has 5 heteroatoms. The highest BCUT2D eigenvalue weighted by atomic mass is 32.1. The van der Waals surface area contributed by atoms with Crippen molar-refractivity contribution in [2.24, 2.45) is 0 Å². The summed E-state index contributed by atoms with van der Waals surface area (Å²) in [5.41, 5.74) is 2.59. The van der Waals surface area contributed by atoms with Gasteiger partial charge in [-0.15, -0.1) is 0 Å². The molecule has 1 aromatic heterocycles. The predicted octanol–water partition coefficient (Wildman–Crippen LogP) is 3.41. The Hall–Kier alpha value is -1.69. The molecule has 0 bridgehead atoms. The highest BCUT2D eigenvalue weighted by Crippen LogP contribution is 2.27. The standard InChI is InChI=1S/C17H19NO3S/c1-12-8-18(10-16(21-12)15-5-6-22-11-15)9-13-3-2-4-14(7-13)17(19)20/h2-7,11-12,16H,8-10H2,1H3,(H,19,20). The second-order valence-corrected chi connectivity index (χ2v) is 6.47. The summed E-state index contributed by atoms with van der Waals surface area (Å²) in [6, 6.07) is 9.27. The van der Waals surface area contributed by atoms with Gasteiger partial charge in [-0.3, -0.25) is 4.90 Å². The lowest BCUT2D eigenvalue weighted by Gasteiger charge is -2.36. The van der Waals surface area contributed by atoms with Gasteiger partial charge in [0.2, 0.25) is 0 Å². The molecule has 116 valence electrons. The van der Waals surface area contributed by atoms with Gasteiger partial charge in [0.15, 0.2) is 0 Å². The van der Waals surface area contributed by atoms with Crippen molar-refractivity contribution < 1.29 is 14.6 Å². The molecule has 1 aromatic carbocycles. The number of hydrogen-bond acceptors (Lipinski definition) is 4. The van der Waals surface area contributed by atoms with E-state index in [1.807, 2.05) is 6.07 Å². The van der Waals surface area contributed by atoms with Crippen LogP contribution in [0.1, 0.15) is 34.5 Å². The van der Waals surface area contributed by atoms with Crippen molar-refractivity contribution in [1.29, 1.82) is 0 Å². The zero-order chi connectivity index (χ0) is 15.5. The van der Waals surface area contributed by atoms with Crippen LogP contribution < -0.4 is 0 Å². The van der Waals surface area contributed by atoms with E-state index in [1.54, 1.807) is 29.5 Å². The molecule has 0 spiro atoms. The zero-order valence-electron chi connectivity index (χ0n) is 12.4. The van der Waals surface area contributed by atoms with Gasteiger partial charge in [-0.2, -0.15) is 11.3 Å². The summed E-state index contributed by atoms with van der Waals surface area (Å²) >= 11 is 1.68. The molecule has 1 aliphatic heterocycles. The molecule has 1 fully saturated rings. The first-order valence-electron chi connectivity index (χ1n) is 7.34. The van der Waals surface area contributed by atoms with Gasteiger partial charge in [0.1, 0.15) is 0 Å². The van der Waals surface area contributed by atoms with Gasteiger partial charge in [0.05, 0.1) is 17.8 Å². The SMILES string of the molecule is CC1CN(Cc2cccc(C(=O)O)c2)CC(c2ccsc2)O1. The van der Waals surface area contributed by atoms with Gasteiger partial charge in [0, 0.05) is 19.6 Å². The summed E-state index contributed by atoms with van der Waals surface area (Å²) in [5.74, 6) is -0.881. The van der Waals surface area contributed by atoms with E-state index in [2.05, 4.69) is 28.7 Å². The maximum Gasteiger partial charge on any atom is 0.335 e. The lowest BCUT2D eigenvalue weighted by Crippen LogP contribution is -2.42. The molecule has 0 amide bonds. The minimum atomic E-state index is -0.881. The first kappa shape index (κ1) is 15.2. The van der Waals surface area contributed by atoms with Crippen molar-refractivity contribution in [3.63, 3.8) is 0 Å². The number of rotatable bonds is 4. The van der Waals surface area contributed by atoms with Crippen LogP contribution >= 0.6 is 11.3 Å². The van der Waals surface area contributed by atoms with Crippen LogP contribution in [0.5, 0.6) is 0 Å². The molecule has 1 saturated heterocycles. The van der Waals surface area contributed by atoms with Gasteiger partial charge in [-0.05, 0) is 47.0 Å². The Balaban J connectivity index is 1.71. The summed E-state index contributed by atoms with van der Waals surface area (Å²) in [4.78, 5) is 13.4. The fraction of sp³-hybridized carbons (Fsp3) is 0.353. The quantitative estimate of drug-likeness (QED) is 0.939. The maximum absolute atomic E-state index is 11.1. The third-order valence-electron chi connectivity index (χ3n) is 3.83. The van der Waals surface area contributed by atoms with E-state index < -0.39 is 5.97 Å². The number of morpholine rings is 1. The Morgan fingerprint density at radius 2 is 2.27 bits per heavy atom. The van der Waals surface area contributed by atoms with Gasteiger partial charge in [-0.1, -0.05) is 12.1 Å². The second kappa shape index (κ2) is 6.60. The molecule has 2 aromatic rings. The molecule has 1 N–H and O–H groups in total. The molecule has 2 atom stereocenters. The van der Waals surface area contributed by atoms with E-state index in [0.29, 0.717) is 5.56 Å². The number of nitrogens with zero attached hydrogens (tertiary/aromatic N) is 1. The molecule has 0 saturated carbocycles. The summed E-state index contributed by atoms with van der Waals surface area (Å²) in [6.45, 7) is 4.52. The van der Waals surface area contributed by atoms with E-state index in [9.17, 15) is 4.79 Å². The van der Waals surface area contributed by atoms with E-state index in [4.69, 9.17) is 9.84 Å². The van der Waals surface area contributed by atoms with E-state index in [-0.39, 0.29) is 12.2 Å². The lowest BCUT2D eigenvalue weighted by molar-refractivity contribution is -0.0812. The molecule has 22 heavy (non-hydrogen) atoms. The molecule has 1 aliphatic rings. The highest BCUT2D eigenvalue weighted by Gasteiger charge is 2.26. The normalized spacial score (nSPS) is 22.6. The average Bonchev–Trinajstić information content (AvgIpc) is 3.01. The highest BCUT2D eigenvalue weighted by molar-refractivity contribution is 7.07. The Kier molecular flexibility index (Phi) is 4.57. The number of carboxylic acids is 1. The molecule has 2 heterocycles. The van der Waals surface area contributed by atoms with Crippen LogP contribution in [0, 0.1) is 0 Å². The minimum Gasteiger partial charge on any atom is -0.478 e. The van der Waals surface area contributed by atoms with E-state index in [0.717, 1.165) is 25.2 Å². The van der Waals surface area contributed by atoms with Crippen molar-refractivity contribution in [2.75, 3.05) is 13.1 Å². The van der Waals surface area contributed by atoms with Crippen LogP contribution in [-0.4, -0.2) is 35.2 Å². The summed E-state index contributed by atoms with van der Waals surface area (Å²) in [5, 5.41) is 13.3. The Morgan fingerprint density at radius 3 is 3.00 bits per heavy atom. The van der Waals surface area contributed by atoms with Crippen molar-refractivity contribution in [3.05, 3.63) is 57.8 Å². The van der Waals surface area contributed by atoms with Crippen LogP contribution in [0.3, 0.4) is 0 Å². The summed E-state index contributed by atoms with van der Waals surface area (Å²) in [7, 11) is 0. The van der Waals surface area contributed by atoms with Gasteiger partial charge in [0.25, 0.3) is 0 Å². The molecule has 4 nitrogen and oxygen atoms in total. The third-order valence-corrected chi connectivity index (χ3v) is 4.53. The molecular weight excluding hydrogens is 298 g/mol. The zero-order valence-corrected chi connectivity index (χ0v) is 13.3. The molecule has 2 unspecified atom stereocenters. The van der Waals surface area contributed by atoms with E-state index in [1.165, 1.54) is 5.56 Å². The second-order valence-electron chi connectivity index (χ2n) is 5.69. The number of thiophene rings is 1. The summed E-state index contributed by atoms with van der Waals surface area (Å²) in [6.07, 6.45) is 0.263. The molecular formula is C17H19NO3S. The first-order valence-corrected chi connectivity index (χ1v) is 8.28. The van der Waals surface area contributed by atoms with Crippen LogP contribution in [0.15, 0.2) is 41.1 Å². The minimum absolute atomic E-state index is 0.0951. The maximum atomic E-state index is 11.1. The Labute approximate surface area is 134 Å². The van der Waals surface area contributed by atoms with Crippen molar-refractivity contribution >= 4 is 17.3 Å². The average molecular weight is 317 g/mol. The Morgan fingerprint density at radius 1 is 1.41 bits per heavy atom. The number of carboxylic acid groups (broad SMARTS) is 1. The van der Waals surface area contributed by atoms with Crippen molar-refractivity contribution in [1.82, 2.24) is 4.90 Å². The fourth-order valence-electron chi connectivity index (χ4n) is 2.87. The Bertz CT molecular complexity index is 641. The topological polar surface area (TPSA) is 49.8 Å². The molecule has 3 rings (SSSR count). The predicted molar refractivity (Wildman–Crippen MR) is 86.3 cm³/mol. The lowest BCUT2D eigenvalue weighted by atomic mass is 10.1. The van der Waals surface area contributed by atoms with Crippen molar-refractivity contribution in [3.8, 4) is 0 Å². The molecule has 0 radical (unpaired) electrons. The van der Waals surface area contributed by atoms with Crippen LogP contribution in [0.25, 0.3) is 0 Å². The van der Waals surface area contributed by atoms with Gasteiger partial charge in [-0.25, -0.2) is 4.79 Å². The number of carbonyl (C=O) groups is 1. The molecule has 0 aliphatic carbocycles. The number of aromatic carboxylic acids is 1. The van der Waals surface area contributed by atoms with Crippen LogP contribution in [0.2, 0.25) is 0 Å². The number of benzene rings is 1. The third kappa shape index (κ3) is 3.55. The summed E-state index contributed by atoms with van der Waals surface area (Å²) < 4.78 is 6.03. The van der Waals surface area contributed by atoms with Gasteiger partial charge >= 0.3 is 5.97 Å². The number of hydrogen-bond donors (Lipinski definition) is 1. The van der Waals surface area contributed by atoms with Crippen molar-refractivity contribution in [2.45, 2.75) is 25.7 Å². The van der Waals surface area contributed by atoms with E-state index >= 15 is 0 Å².